The number of hydrogen-bond donors (Lipinski definition) is 1. The Bertz CT molecular complexity index is 792. The van der Waals surface area contributed by atoms with Crippen molar-refractivity contribution in [3.8, 4) is 5.75 Å². The van der Waals surface area contributed by atoms with Gasteiger partial charge in [0.15, 0.2) is 11.6 Å². The zero-order chi connectivity index (χ0) is 15.1. The van der Waals surface area contributed by atoms with E-state index in [0.29, 0.717) is 12.1 Å². The minimum Gasteiger partial charge on any atom is -0.491 e. The summed E-state index contributed by atoms with van der Waals surface area (Å²) in [6, 6.07) is 2.69. The topological polar surface area (TPSA) is 68.5 Å². The van der Waals surface area contributed by atoms with E-state index >= 15 is 0 Å². The lowest BCUT2D eigenvalue weighted by molar-refractivity contribution is 0.0695. The maximum absolute atomic E-state index is 13.9. The van der Waals surface area contributed by atoms with Gasteiger partial charge in [-0.05, 0) is 25.8 Å². The monoisotopic (exact) mass is 291 g/mol. The van der Waals surface area contributed by atoms with Crippen molar-refractivity contribution in [2.75, 3.05) is 6.61 Å². The Morgan fingerprint density at radius 3 is 2.76 bits per heavy atom. The molecular formula is C15H14FNO4. The minimum absolute atomic E-state index is 0.0712. The number of carboxylic acid groups (broad SMARTS) is 1. The highest BCUT2D eigenvalue weighted by atomic mass is 19.1. The molecule has 0 radical (unpaired) electrons. The van der Waals surface area contributed by atoms with Crippen molar-refractivity contribution in [3.63, 3.8) is 0 Å². The third-order valence-corrected chi connectivity index (χ3v) is 3.56. The number of carbonyl (C=O) groups is 1. The summed E-state index contributed by atoms with van der Waals surface area (Å²) in [6.07, 6.45) is 3.18. The lowest BCUT2D eigenvalue weighted by atomic mass is 10.1. The van der Waals surface area contributed by atoms with Crippen molar-refractivity contribution in [2.24, 2.45) is 0 Å². The molecule has 21 heavy (non-hydrogen) atoms. The summed E-state index contributed by atoms with van der Waals surface area (Å²) in [7, 11) is 0. The zero-order valence-corrected chi connectivity index (χ0v) is 11.4. The summed E-state index contributed by atoms with van der Waals surface area (Å²) in [5, 5.41) is 9.20. The van der Waals surface area contributed by atoms with E-state index in [1.165, 1.54) is 12.3 Å². The molecule has 0 aliphatic heterocycles. The molecule has 1 saturated carbocycles. The summed E-state index contributed by atoms with van der Waals surface area (Å²) in [5.41, 5.74) is -0.494. The van der Waals surface area contributed by atoms with Gasteiger partial charge in [-0.2, -0.15) is 0 Å². The maximum atomic E-state index is 13.9. The Labute approximate surface area is 119 Å². The van der Waals surface area contributed by atoms with Gasteiger partial charge in [0.1, 0.15) is 5.56 Å². The van der Waals surface area contributed by atoms with Gasteiger partial charge in [-0.1, -0.05) is 0 Å². The second-order valence-electron chi connectivity index (χ2n) is 5.05. The molecule has 0 saturated heterocycles. The first-order valence-electron chi connectivity index (χ1n) is 6.77. The molecule has 5 nitrogen and oxygen atoms in total. The number of nitrogens with zero attached hydrogens (tertiary/aromatic N) is 1. The largest absolute Gasteiger partial charge is 0.491 e. The fourth-order valence-electron chi connectivity index (χ4n) is 2.42. The molecule has 1 heterocycles. The van der Waals surface area contributed by atoms with E-state index in [-0.39, 0.29) is 22.7 Å². The van der Waals surface area contributed by atoms with Crippen molar-refractivity contribution in [2.45, 2.75) is 25.8 Å². The fourth-order valence-corrected chi connectivity index (χ4v) is 2.42. The Kier molecular flexibility index (Phi) is 3.16. The van der Waals surface area contributed by atoms with Crippen molar-refractivity contribution in [1.82, 2.24) is 4.57 Å². The normalized spacial score (nSPS) is 14.4. The molecule has 110 valence electrons. The average molecular weight is 291 g/mol. The number of hydrogen-bond acceptors (Lipinski definition) is 3. The van der Waals surface area contributed by atoms with Gasteiger partial charge in [0.25, 0.3) is 0 Å². The molecule has 3 rings (SSSR count). The standard InChI is InChI=1S/C15H14FNO4/c1-2-21-13-6-12-9(5-11(13)16)14(18)10(15(19)20)7-17(12)8-3-4-8/h5-8H,2-4H2,1H3,(H,19,20). The van der Waals surface area contributed by atoms with Gasteiger partial charge in [0, 0.05) is 23.7 Å². The lowest BCUT2D eigenvalue weighted by Crippen LogP contribution is -2.19. The Morgan fingerprint density at radius 2 is 2.19 bits per heavy atom. The molecule has 0 amide bonds. The third kappa shape index (κ3) is 2.26. The fraction of sp³-hybridized carbons (Fsp3) is 0.333. The van der Waals surface area contributed by atoms with Crippen molar-refractivity contribution in [3.05, 3.63) is 39.9 Å². The summed E-state index contributed by atoms with van der Waals surface area (Å²) in [4.78, 5) is 23.4. The van der Waals surface area contributed by atoms with Crippen LogP contribution in [0.2, 0.25) is 0 Å². The van der Waals surface area contributed by atoms with E-state index in [9.17, 15) is 14.0 Å². The molecule has 0 unspecified atom stereocenters. The minimum atomic E-state index is -1.30. The molecule has 1 aliphatic carbocycles. The van der Waals surface area contributed by atoms with Crippen LogP contribution in [0, 0.1) is 5.82 Å². The van der Waals surface area contributed by atoms with Crippen LogP contribution >= 0.6 is 0 Å². The quantitative estimate of drug-likeness (QED) is 0.940. The molecule has 1 aliphatic rings. The van der Waals surface area contributed by atoms with E-state index in [2.05, 4.69) is 0 Å². The molecule has 0 spiro atoms. The SMILES string of the molecule is CCOc1cc2c(cc1F)c(=O)c(C(=O)O)cn2C1CC1. The van der Waals surface area contributed by atoms with Gasteiger partial charge in [-0.15, -0.1) is 0 Å². The van der Waals surface area contributed by atoms with Gasteiger partial charge < -0.3 is 14.4 Å². The van der Waals surface area contributed by atoms with Crippen LogP contribution in [0.25, 0.3) is 10.9 Å². The van der Waals surface area contributed by atoms with Gasteiger partial charge in [0.2, 0.25) is 5.43 Å². The summed E-state index contributed by atoms with van der Waals surface area (Å²) < 4.78 is 20.9. The van der Waals surface area contributed by atoms with E-state index < -0.39 is 17.2 Å². The number of aromatic carboxylic acids is 1. The Balaban J connectivity index is 2.35. The highest BCUT2D eigenvalue weighted by molar-refractivity contribution is 5.93. The first-order chi connectivity index (χ1) is 10.0. The van der Waals surface area contributed by atoms with Gasteiger partial charge in [-0.25, -0.2) is 9.18 Å². The van der Waals surface area contributed by atoms with Crippen LogP contribution in [0.15, 0.2) is 23.1 Å². The number of pyridine rings is 1. The Hall–Kier alpha value is -2.37. The smallest absolute Gasteiger partial charge is 0.341 e. The molecule has 6 heteroatoms. The summed E-state index contributed by atoms with van der Waals surface area (Å²) in [6.45, 7) is 2.05. The molecule has 1 fully saturated rings. The van der Waals surface area contributed by atoms with Crippen LogP contribution in [0.5, 0.6) is 5.75 Å². The van der Waals surface area contributed by atoms with E-state index in [1.807, 2.05) is 0 Å². The Morgan fingerprint density at radius 1 is 1.48 bits per heavy atom. The predicted octanol–water partition coefficient (Wildman–Crippen LogP) is 2.57. The first kappa shape index (κ1) is 13.6. The first-order valence-corrected chi connectivity index (χ1v) is 6.77. The van der Waals surface area contributed by atoms with E-state index in [1.54, 1.807) is 11.5 Å². The van der Waals surface area contributed by atoms with Crippen LogP contribution in [0.3, 0.4) is 0 Å². The van der Waals surface area contributed by atoms with Crippen molar-refractivity contribution < 1.29 is 19.0 Å². The molecule has 0 bridgehead atoms. The number of ether oxygens (including phenoxy) is 1. The number of aromatic nitrogens is 1. The highest BCUT2D eigenvalue weighted by Gasteiger charge is 2.27. The number of carboxylic acids is 1. The summed E-state index contributed by atoms with van der Waals surface area (Å²) >= 11 is 0. The van der Waals surface area contributed by atoms with Crippen molar-refractivity contribution in [1.29, 1.82) is 0 Å². The van der Waals surface area contributed by atoms with E-state index in [4.69, 9.17) is 9.84 Å². The van der Waals surface area contributed by atoms with Gasteiger partial charge in [-0.3, -0.25) is 4.79 Å². The van der Waals surface area contributed by atoms with Crippen LogP contribution in [-0.2, 0) is 0 Å². The molecule has 1 aromatic carbocycles. The van der Waals surface area contributed by atoms with Crippen LogP contribution in [0.1, 0.15) is 36.2 Å². The van der Waals surface area contributed by atoms with Crippen molar-refractivity contribution >= 4 is 16.9 Å². The molecule has 1 aromatic heterocycles. The number of fused-ring (bicyclic) bond motifs is 1. The zero-order valence-electron chi connectivity index (χ0n) is 11.4. The second kappa shape index (κ2) is 4.87. The number of rotatable bonds is 4. The highest BCUT2D eigenvalue weighted by Crippen LogP contribution is 2.38. The molecule has 0 atom stereocenters. The van der Waals surface area contributed by atoms with Crippen LogP contribution in [-0.4, -0.2) is 22.2 Å². The summed E-state index contributed by atoms with van der Waals surface area (Å²) in [5.74, 6) is -1.89. The second-order valence-corrected chi connectivity index (χ2v) is 5.05. The van der Waals surface area contributed by atoms with E-state index in [0.717, 1.165) is 18.9 Å². The lowest BCUT2D eigenvalue weighted by Gasteiger charge is -2.13. The maximum Gasteiger partial charge on any atom is 0.341 e. The third-order valence-electron chi connectivity index (χ3n) is 3.56. The number of benzene rings is 1. The predicted molar refractivity (Wildman–Crippen MR) is 74.6 cm³/mol. The van der Waals surface area contributed by atoms with Crippen LogP contribution < -0.4 is 10.2 Å². The van der Waals surface area contributed by atoms with Crippen LogP contribution in [0.4, 0.5) is 4.39 Å². The molecule has 1 N–H and O–H groups in total. The van der Waals surface area contributed by atoms with Gasteiger partial charge in [0.05, 0.1) is 12.1 Å². The average Bonchev–Trinajstić information content (AvgIpc) is 3.25. The molecule has 2 aromatic rings. The molecular weight excluding hydrogens is 277 g/mol. The van der Waals surface area contributed by atoms with Gasteiger partial charge >= 0.3 is 5.97 Å². The number of halogens is 1.